The molecule has 2 N–H and O–H groups in total. The third kappa shape index (κ3) is 2.85. The molecule has 3 aromatic heterocycles. The Morgan fingerprint density at radius 2 is 2.08 bits per heavy atom. The molecule has 0 saturated heterocycles. The molecule has 0 radical (unpaired) electrons. The number of carboxylic acid groups (broad SMARTS) is 1. The van der Waals surface area contributed by atoms with Crippen LogP contribution < -0.4 is 5.32 Å². The molecule has 9 heteroatoms. The maximum Gasteiger partial charge on any atom is 0.347 e. The molecule has 3 heterocycles. The number of rotatable bonds is 4. The maximum atomic E-state index is 12.5. The third-order valence-electron chi connectivity index (χ3n) is 3.48. The molecular formula is C15H15N5O3S. The predicted octanol–water partition coefficient (Wildman–Crippen LogP) is 1.99. The number of carboxylic acids is 1. The average Bonchev–Trinajstić information content (AvgIpc) is 3.10. The number of fused-ring (bicyclic) bond motifs is 1. The van der Waals surface area contributed by atoms with Crippen molar-refractivity contribution in [3.05, 3.63) is 45.3 Å². The summed E-state index contributed by atoms with van der Waals surface area (Å²) in [5.41, 5.74) is 2.06. The van der Waals surface area contributed by atoms with E-state index in [1.165, 1.54) is 10.7 Å². The molecule has 24 heavy (non-hydrogen) atoms. The van der Waals surface area contributed by atoms with Gasteiger partial charge in [0.15, 0.2) is 5.65 Å². The molecule has 0 aromatic carbocycles. The van der Waals surface area contributed by atoms with Gasteiger partial charge in [0.25, 0.3) is 5.91 Å². The monoisotopic (exact) mass is 345 g/mol. The molecule has 0 aliphatic carbocycles. The maximum absolute atomic E-state index is 12.5. The number of thiazole rings is 1. The van der Waals surface area contributed by atoms with Gasteiger partial charge in [0.05, 0.1) is 17.9 Å². The van der Waals surface area contributed by atoms with E-state index in [4.69, 9.17) is 5.11 Å². The highest BCUT2D eigenvalue weighted by Crippen LogP contribution is 2.24. The normalized spacial score (nSPS) is 12.3. The lowest BCUT2D eigenvalue weighted by atomic mass is 10.2. The van der Waals surface area contributed by atoms with Gasteiger partial charge in [0, 0.05) is 11.9 Å². The van der Waals surface area contributed by atoms with Gasteiger partial charge in [0.2, 0.25) is 0 Å². The van der Waals surface area contributed by atoms with Crippen LogP contribution in [0.25, 0.3) is 5.65 Å². The number of nitrogens with one attached hydrogen (secondary N) is 1. The van der Waals surface area contributed by atoms with Crippen LogP contribution in [0.4, 0.5) is 0 Å². The molecule has 0 spiro atoms. The Morgan fingerprint density at radius 1 is 1.33 bits per heavy atom. The largest absolute Gasteiger partial charge is 0.477 e. The molecule has 0 aliphatic rings. The topological polar surface area (TPSA) is 109 Å². The van der Waals surface area contributed by atoms with Crippen molar-refractivity contribution < 1.29 is 14.7 Å². The van der Waals surface area contributed by atoms with Crippen LogP contribution in [0.5, 0.6) is 0 Å². The average molecular weight is 345 g/mol. The van der Waals surface area contributed by atoms with Crippen LogP contribution in [-0.4, -0.2) is 36.6 Å². The van der Waals surface area contributed by atoms with E-state index >= 15 is 0 Å². The summed E-state index contributed by atoms with van der Waals surface area (Å²) in [6, 6.07) is 1.38. The van der Waals surface area contributed by atoms with E-state index in [1.807, 2.05) is 6.92 Å². The summed E-state index contributed by atoms with van der Waals surface area (Å²) in [4.78, 5) is 32.3. The van der Waals surface area contributed by atoms with Crippen molar-refractivity contribution in [2.24, 2.45) is 0 Å². The summed E-state index contributed by atoms with van der Waals surface area (Å²) in [7, 11) is 0. The van der Waals surface area contributed by atoms with Crippen molar-refractivity contribution in [3.8, 4) is 0 Å². The van der Waals surface area contributed by atoms with Crippen molar-refractivity contribution in [2.75, 3.05) is 0 Å². The molecule has 124 valence electrons. The number of aromatic nitrogens is 4. The van der Waals surface area contributed by atoms with E-state index in [0.717, 1.165) is 17.0 Å². The Labute approximate surface area is 141 Å². The Balaban J connectivity index is 1.84. The minimum Gasteiger partial charge on any atom is -0.477 e. The summed E-state index contributed by atoms with van der Waals surface area (Å²) >= 11 is 1.06. The molecule has 8 nitrogen and oxygen atoms in total. The molecular weight excluding hydrogens is 330 g/mol. The van der Waals surface area contributed by atoms with Crippen molar-refractivity contribution in [2.45, 2.75) is 26.8 Å². The van der Waals surface area contributed by atoms with Crippen LogP contribution in [0, 0.1) is 13.8 Å². The predicted molar refractivity (Wildman–Crippen MR) is 87.4 cm³/mol. The molecule has 0 bridgehead atoms. The molecule has 1 amide bonds. The highest BCUT2D eigenvalue weighted by Gasteiger charge is 2.21. The van der Waals surface area contributed by atoms with Crippen molar-refractivity contribution in [3.63, 3.8) is 0 Å². The Bertz CT molecular complexity index is 946. The van der Waals surface area contributed by atoms with Crippen LogP contribution in [0.3, 0.4) is 0 Å². The first-order valence-electron chi connectivity index (χ1n) is 7.19. The van der Waals surface area contributed by atoms with Gasteiger partial charge in [-0.3, -0.25) is 4.79 Å². The molecule has 0 aliphatic heterocycles. The number of amides is 1. The summed E-state index contributed by atoms with van der Waals surface area (Å²) < 4.78 is 1.53. The zero-order valence-corrected chi connectivity index (χ0v) is 14.1. The number of aryl methyl sites for hydroxylation is 2. The fraction of sp³-hybridized carbons (Fsp3) is 0.267. The van der Waals surface area contributed by atoms with Crippen molar-refractivity contribution in [1.82, 2.24) is 24.9 Å². The fourth-order valence-corrected chi connectivity index (χ4v) is 3.16. The highest BCUT2D eigenvalue weighted by molar-refractivity contribution is 7.13. The molecule has 0 saturated carbocycles. The SMILES string of the molecule is Cc1ccn2ncc(C(=O)NC(C)c3nc(C)c(C(=O)O)s3)c2n1. The van der Waals surface area contributed by atoms with Crippen LogP contribution >= 0.6 is 11.3 Å². The highest BCUT2D eigenvalue weighted by atomic mass is 32.1. The van der Waals surface area contributed by atoms with Gasteiger partial charge >= 0.3 is 5.97 Å². The smallest absolute Gasteiger partial charge is 0.347 e. The van der Waals surface area contributed by atoms with Gasteiger partial charge < -0.3 is 10.4 Å². The number of hydrogen-bond donors (Lipinski definition) is 2. The van der Waals surface area contributed by atoms with Crippen LogP contribution in [-0.2, 0) is 0 Å². The second-order valence-electron chi connectivity index (χ2n) is 5.36. The molecule has 3 aromatic rings. The summed E-state index contributed by atoms with van der Waals surface area (Å²) in [6.45, 7) is 5.23. The molecule has 0 fully saturated rings. The van der Waals surface area contributed by atoms with Gasteiger partial charge in [0.1, 0.15) is 15.4 Å². The Hall–Kier alpha value is -2.81. The second-order valence-corrected chi connectivity index (χ2v) is 6.39. The number of nitrogens with zero attached hydrogens (tertiary/aromatic N) is 4. The first-order chi connectivity index (χ1) is 11.4. The van der Waals surface area contributed by atoms with Gasteiger partial charge in [-0.2, -0.15) is 5.10 Å². The van der Waals surface area contributed by atoms with Gasteiger partial charge in [-0.25, -0.2) is 19.3 Å². The van der Waals surface area contributed by atoms with Crippen LogP contribution in [0.2, 0.25) is 0 Å². The van der Waals surface area contributed by atoms with E-state index in [2.05, 4.69) is 20.4 Å². The summed E-state index contributed by atoms with van der Waals surface area (Å²) in [6.07, 6.45) is 3.20. The Kier molecular flexibility index (Phi) is 4.02. The minimum atomic E-state index is -1.02. The molecule has 3 rings (SSSR count). The van der Waals surface area contributed by atoms with E-state index < -0.39 is 12.0 Å². The molecule has 1 atom stereocenters. The van der Waals surface area contributed by atoms with Crippen molar-refractivity contribution in [1.29, 1.82) is 0 Å². The van der Waals surface area contributed by atoms with Crippen LogP contribution in [0.1, 0.15) is 49.4 Å². The van der Waals surface area contributed by atoms with E-state index in [0.29, 0.717) is 21.9 Å². The van der Waals surface area contributed by atoms with E-state index in [1.54, 1.807) is 26.1 Å². The number of carbonyl (C=O) groups is 2. The molecule has 1 unspecified atom stereocenters. The van der Waals surface area contributed by atoms with Crippen molar-refractivity contribution >= 4 is 28.9 Å². The summed E-state index contributed by atoms with van der Waals surface area (Å²) in [5, 5.41) is 16.6. The number of hydrogen-bond acceptors (Lipinski definition) is 6. The standard InChI is InChI=1S/C15H15N5O3S/c1-7-4-5-20-12(17-7)10(6-16-20)13(21)18-9(3)14-19-8(2)11(24-14)15(22)23/h4-6,9H,1-3H3,(H,18,21)(H,22,23). The van der Waals surface area contributed by atoms with Gasteiger partial charge in [-0.1, -0.05) is 0 Å². The quantitative estimate of drug-likeness (QED) is 0.748. The fourth-order valence-electron chi connectivity index (χ4n) is 2.26. The number of carbonyl (C=O) groups excluding carboxylic acids is 1. The zero-order chi connectivity index (χ0) is 17.4. The summed E-state index contributed by atoms with van der Waals surface area (Å²) in [5.74, 6) is -1.35. The lowest BCUT2D eigenvalue weighted by Gasteiger charge is -2.10. The first kappa shape index (κ1) is 16.1. The number of aromatic carboxylic acids is 1. The van der Waals surface area contributed by atoms with Gasteiger partial charge in [-0.15, -0.1) is 11.3 Å². The Morgan fingerprint density at radius 3 is 2.75 bits per heavy atom. The second kappa shape index (κ2) is 6.00. The van der Waals surface area contributed by atoms with E-state index in [9.17, 15) is 9.59 Å². The minimum absolute atomic E-state index is 0.180. The lowest BCUT2D eigenvalue weighted by molar-refractivity contribution is 0.0701. The van der Waals surface area contributed by atoms with Crippen LogP contribution in [0.15, 0.2) is 18.5 Å². The first-order valence-corrected chi connectivity index (χ1v) is 8.01. The van der Waals surface area contributed by atoms with Gasteiger partial charge in [-0.05, 0) is 26.8 Å². The third-order valence-corrected chi connectivity index (χ3v) is 4.81. The van der Waals surface area contributed by atoms with E-state index in [-0.39, 0.29) is 10.8 Å². The lowest BCUT2D eigenvalue weighted by Crippen LogP contribution is -2.26. The zero-order valence-electron chi connectivity index (χ0n) is 13.3.